The summed E-state index contributed by atoms with van der Waals surface area (Å²) in [5.74, 6) is -0.258. The first-order valence-electron chi connectivity index (χ1n) is 7.39. The molecule has 0 rings (SSSR count). The highest BCUT2D eigenvalue weighted by molar-refractivity contribution is 6.00. The monoisotopic (exact) mass is 284 g/mol. The topological polar surface area (TPSA) is 52.6 Å². The van der Waals surface area contributed by atoms with Gasteiger partial charge in [-0.25, -0.2) is 9.59 Å². The van der Waals surface area contributed by atoms with E-state index in [0.29, 0.717) is 37.2 Å². The Morgan fingerprint density at radius 1 is 0.750 bits per heavy atom. The van der Waals surface area contributed by atoms with Crippen LogP contribution < -0.4 is 0 Å². The van der Waals surface area contributed by atoms with E-state index < -0.39 is 11.9 Å². The Bertz CT molecular complexity index is 319. The van der Waals surface area contributed by atoms with Crippen LogP contribution in [0.2, 0.25) is 0 Å². The van der Waals surface area contributed by atoms with E-state index in [-0.39, 0.29) is 11.8 Å². The zero-order valence-electron chi connectivity index (χ0n) is 13.6. The molecular formula is C16H28O4. The van der Waals surface area contributed by atoms with E-state index in [0.717, 1.165) is 0 Å². The van der Waals surface area contributed by atoms with E-state index in [1.165, 1.54) is 0 Å². The van der Waals surface area contributed by atoms with Crippen molar-refractivity contribution in [2.75, 3.05) is 13.2 Å². The lowest BCUT2D eigenvalue weighted by atomic mass is 9.92. The van der Waals surface area contributed by atoms with Crippen LogP contribution in [-0.4, -0.2) is 25.2 Å². The Kier molecular flexibility index (Phi) is 8.93. The van der Waals surface area contributed by atoms with Crippen LogP contribution in [0, 0.1) is 11.8 Å². The number of rotatable bonds is 8. The number of hydrogen-bond donors (Lipinski definition) is 0. The standard InChI is InChI=1S/C16H28O4/c1-7-19-15(17)13(9-11(3)4)14(10-12(5)6)16(18)20-8-2/h11-12H,7-10H2,1-6H3/b14-13-. The maximum Gasteiger partial charge on any atom is 0.334 e. The molecule has 20 heavy (non-hydrogen) atoms. The van der Waals surface area contributed by atoms with Crippen molar-refractivity contribution in [1.82, 2.24) is 0 Å². The van der Waals surface area contributed by atoms with Crippen molar-refractivity contribution in [3.05, 3.63) is 11.1 Å². The molecule has 0 saturated heterocycles. The molecule has 0 aliphatic carbocycles. The van der Waals surface area contributed by atoms with Crippen LogP contribution in [0.1, 0.15) is 54.4 Å². The summed E-state index contributed by atoms with van der Waals surface area (Å²) in [6.45, 7) is 12.2. The molecule has 0 aromatic carbocycles. The van der Waals surface area contributed by atoms with E-state index in [4.69, 9.17) is 9.47 Å². The molecule has 0 fully saturated rings. The van der Waals surface area contributed by atoms with Crippen LogP contribution in [0.3, 0.4) is 0 Å². The first-order chi connectivity index (χ1) is 9.33. The smallest absolute Gasteiger partial charge is 0.334 e. The SMILES string of the molecule is CCOC(=O)/C(CC(C)C)=C(/CC(C)C)C(=O)OCC. The van der Waals surface area contributed by atoms with Gasteiger partial charge in [-0.05, 0) is 38.5 Å². The van der Waals surface area contributed by atoms with Gasteiger partial charge < -0.3 is 9.47 Å². The van der Waals surface area contributed by atoms with Crippen LogP contribution >= 0.6 is 0 Å². The van der Waals surface area contributed by atoms with Crippen LogP contribution in [-0.2, 0) is 19.1 Å². The van der Waals surface area contributed by atoms with Gasteiger partial charge in [-0.2, -0.15) is 0 Å². The molecule has 0 spiro atoms. The second-order valence-electron chi connectivity index (χ2n) is 5.59. The van der Waals surface area contributed by atoms with Crippen LogP contribution in [0.4, 0.5) is 0 Å². The molecule has 0 atom stereocenters. The van der Waals surface area contributed by atoms with Crippen molar-refractivity contribution in [1.29, 1.82) is 0 Å². The molecular weight excluding hydrogens is 256 g/mol. The fraction of sp³-hybridized carbons (Fsp3) is 0.750. The van der Waals surface area contributed by atoms with Crippen molar-refractivity contribution >= 4 is 11.9 Å². The molecule has 0 unspecified atom stereocenters. The van der Waals surface area contributed by atoms with Crippen molar-refractivity contribution in [2.24, 2.45) is 11.8 Å². The largest absolute Gasteiger partial charge is 0.463 e. The number of ether oxygens (including phenoxy) is 2. The second kappa shape index (κ2) is 9.56. The molecule has 0 amide bonds. The number of esters is 2. The summed E-state index contributed by atoms with van der Waals surface area (Å²) in [6.07, 6.45) is 1.05. The molecule has 4 heteroatoms. The molecule has 0 saturated carbocycles. The van der Waals surface area contributed by atoms with Gasteiger partial charge in [0.15, 0.2) is 0 Å². The quantitative estimate of drug-likeness (QED) is 0.505. The highest BCUT2D eigenvalue weighted by atomic mass is 16.5. The average molecular weight is 284 g/mol. The zero-order valence-corrected chi connectivity index (χ0v) is 13.6. The number of hydrogen-bond acceptors (Lipinski definition) is 4. The van der Waals surface area contributed by atoms with Crippen LogP contribution in [0.5, 0.6) is 0 Å². The minimum atomic E-state index is -0.398. The number of carbonyl (C=O) groups is 2. The van der Waals surface area contributed by atoms with Crippen molar-refractivity contribution in [2.45, 2.75) is 54.4 Å². The lowest BCUT2D eigenvalue weighted by molar-refractivity contribution is -0.142. The maximum atomic E-state index is 12.1. The van der Waals surface area contributed by atoms with Gasteiger partial charge in [-0.15, -0.1) is 0 Å². The third-order valence-corrected chi connectivity index (χ3v) is 2.63. The molecule has 0 heterocycles. The zero-order chi connectivity index (χ0) is 15.7. The van der Waals surface area contributed by atoms with Gasteiger partial charge in [-0.1, -0.05) is 27.7 Å². The maximum absolute atomic E-state index is 12.1. The summed E-state index contributed by atoms with van der Waals surface area (Å²) >= 11 is 0. The molecule has 0 aromatic heterocycles. The third-order valence-electron chi connectivity index (χ3n) is 2.63. The van der Waals surface area contributed by atoms with Gasteiger partial charge in [0.1, 0.15) is 0 Å². The highest BCUT2D eigenvalue weighted by Gasteiger charge is 2.24. The second-order valence-corrected chi connectivity index (χ2v) is 5.59. The van der Waals surface area contributed by atoms with Gasteiger partial charge in [-0.3, -0.25) is 0 Å². The van der Waals surface area contributed by atoms with Gasteiger partial charge in [0.2, 0.25) is 0 Å². The summed E-state index contributed by atoms with van der Waals surface area (Å²) in [4.78, 5) is 24.2. The fourth-order valence-corrected chi connectivity index (χ4v) is 1.91. The van der Waals surface area contributed by atoms with Crippen LogP contribution in [0.25, 0.3) is 0 Å². The van der Waals surface area contributed by atoms with Crippen LogP contribution in [0.15, 0.2) is 11.1 Å². The van der Waals surface area contributed by atoms with Crippen molar-refractivity contribution < 1.29 is 19.1 Å². The number of carbonyl (C=O) groups excluding carboxylic acids is 2. The molecule has 0 radical (unpaired) electrons. The normalized spacial score (nSPS) is 12.4. The van der Waals surface area contributed by atoms with Gasteiger partial charge in [0.05, 0.1) is 13.2 Å². The van der Waals surface area contributed by atoms with Crippen molar-refractivity contribution in [3.63, 3.8) is 0 Å². The Morgan fingerprint density at radius 2 is 1.05 bits per heavy atom. The molecule has 0 bridgehead atoms. The molecule has 0 N–H and O–H groups in total. The minimum Gasteiger partial charge on any atom is -0.463 e. The van der Waals surface area contributed by atoms with Gasteiger partial charge in [0.25, 0.3) is 0 Å². The first-order valence-corrected chi connectivity index (χ1v) is 7.39. The Hall–Kier alpha value is -1.32. The van der Waals surface area contributed by atoms with E-state index in [1.54, 1.807) is 13.8 Å². The lowest BCUT2D eigenvalue weighted by Crippen LogP contribution is -2.19. The summed E-state index contributed by atoms with van der Waals surface area (Å²) in [5, 5.41) is 0. The van der Waals surface area contributed by atoms with E-state index in [2.05, 4.69) is 0 Å². The minimum absolute atomic E-state index is 0.269. The summed E-state index contributed by atoms with van der Waals surface area (Å²) in [5.41, 5.74) is 0.933. The molecule has 116 valence electrons. The predicted octanol–water partition coefficient (Wildman–Crippen LogP) is 3.50. The lowest BCUT2D eigenvalue weighted by Gasteiger charge is -2.16. The van der Waals surface area contributed by atoms with Gasteiger partial charge in [0, 0.05) is 11.1 Å². The van der Waals surface area contributed by atoms with Crippen molar-refractivity contribution in [3.8, 4) is 0 Å². The molecule has 4 nitrogen and oxygen atoms in total. The Morgan fingerprint density at radius 3 is 1.25 bits per heavy atom. The fourth-order valence-electron chi connectivity index (χ4n) is 1.91. The first kappa shape index (κ1) is 18.7. The Balaban J connectivity index is 5.56. The average Bonchev–Trinajstić information content (AvgIpc) is 2.33. The molecule has 0 aliphatic rings. The predicted molar refractivity (Wildman–Crippen MR) is 79.2 cm³/mol. The van der Waals surface area contributed by atoms with E-state index in [9.17, 15) is 9.59 Å². The summed E-state index contributed by atoms with van der Waals surface area (Å²) in [6, 6.07) is 0. The van der Waals surface area contributed by atoms with E-state index >= 15 is 0 Å². The van der Waals surface area contributed by atoms with Gasteiger partial charge >= 0.3 is 11.9 Å². The summed E-state index contributed by atoms with van der Waals surface area (Å²) < 4.78 is 10.2. The molecule has 0 aliphatic heterocycles. The van der Waals surface area contributed by atoms with E-state index in [1.807, 2.05) is 27.7 Å². The third kappa shape index (κ3) is 6.73. The Labute approximate surface area is 122 Å². The molecule has 0 aromatic rings. The summed E-state index contributed by atoms with van der Waals surface area (Å²) in [7, 11) is 0. The highest BCUT2D eigenvalue weighted by Crippen LogP contribution is 2.23.